The quantitative estimate of drug-likeness (QED) is 0.363. The Morgan fingerprint density at radius 2 is 1.88 bits per heavy atom. The van der Waals surface area contributed by atoms with Gasteiger partial charge in [0.05, 0.1) is 6.04 Å². The third kappa shape index (κ3) is 5.45. The molecule has 2 aromatic rings. The molecule has 2 aromatic carbocycles. The molecule has 1 aliphatic heterocycles. The van der Waals surface area contributed by atoms with Gasteiger partial charge in [0.1, 0.15) is 12.2 Å². The molecule has 0 N–H and O–H groups in total. The van der Waals surface area contributed by atoms with E-state index in [1.165, 1.54) is 0 Å². The zero-order valence-electron chi connectivity index (χ0n) is 19.1. The maximum absolute atomic E-state index is 13.9. The van der Waals surface area contributed by atoms with Gasteiger partial charge in [0.25, 0.3) is 5.91 Å². The van der Waals surface area contributed by atoms with Gasteiger partial charge in [0, 0.05) is 27.8 Å². The van der Waals surface area contributed by atoms with Crippen molar-refractivity contribution in [3.8, 4) is 0 Å². The molecule has 0 bridgehead atoms. The lowest BCUT2D eigenvalue weighted by molar-refractivity contribution is -0.178. The number of carbonyl (C=O) groups is 1. The summed E-state index contributed by atoms with van der Waals surface area (Å²) >= 11 is 14.6. The standard InChI is InChI=1S/C27H31Cl2NO2S/c1-4-7-23-27(31)30(22-10-6-11-24(22)33-17(2)3)25(18-12-14-20(28)15-13-18)26(32-23)19-8-5-9-21(29)16-19/h4-5,8-9,12-17,22-26H,1,6-7,10-11H2,2-3H3/t22-,23+,24-,25+,26+/m0/s1. The van der Waals surface area contributed by atoms with Gasteiger partial charge in [0.15, 0.2) is 0 Å². The van der Waals surface area contributed by atoms with E-state index < -0.39 is 6.10 Å². The first-order valence-electron chi connectivity index (χ1n) is 11.6. The van der Waals surface area contributed by atoms with Crippen molar-refractivity contribution in [2.75, 3.05) is 0 Å². The first-order chi connectivity index (χ1) is 15.9. The number of hydrogen-bond acceptors (Lipinski definition) is 3. The monoisotopic (exact) mass is 503 g/mol. The number of rotatable bonds is 7. The number of halogens is 2. The zero-order chi connectivity index (χ0) is 23.5. The van der Waals surface area contributed by atoms with E-state index >= 15 is 0 Å². The molecule has 1 heterocycles. The molecule has 3 nitrogen and oxygen atoms in total. The highest BCUT2D eigenvalue weighted by Gasteiger charge is 2.49. The lowest BCUT2D eigenvalue weighted by atomic mass is 9.89. The highest BCUT2D eigenvalue weighted by molar-refractivity contribution is 8.00. The van der Waals surface area contributed by atoms with Crippen molar-refractivity contribution in [2.45, 2.75) is 74.3 Å². The average molecular weight is 505 g/mol. The largest absolute Gasteiger partial charge is 0.358 e. The van der Waals surface area contributed by atoms with Crippen LogP contribution < -0.4 is 0 Å². The molecule has 1 aliphatic carbocycles. The highest BCUT2D eigenvalue weighted by atomic mass is 35.5. The Hall–Kier alpha value is -1.46. The van der Waals surface area contributed by atoms with Crippen LogP contribution in [-0.4, -0.2) is 33.5 Å². The summed E-state index contributed by atoms with van der Waals surface area (Å²) in [5.74, 6) is 0.0504. The Kier molecular flexibility index (Phi) is 8.11. The van der Waals surface area contributed by atoms with Gasteiger partial charge in [-0.15, -0.1) is 6.58 Å². The van der Waals surface area contributed by atoms with Gasteiger partial charge < -0.3 is 9.64 Å². The Morgan fingerprint density at radius 1 is 1.12 bits per heavy atom. The van der Waals surface area contributed by atoms with Crippen LogP contribution in [0.15, 0.2) is 61.2 Å². The number of morpholine rings is 1. The highest BCUT2D eigenvalue weighted by Crippen LogP contribution is 2.48. The van der Waals surface area contributed by atoms with Crippen LogP contribution in [0, 0.1) is 0 Å². The molecule has 1 amide bonds. The molecule has 2 fully saturated rings. The van der Waals surface area contributed by atoms with Gasteiger partial charge in [0.2, 0.25) is 0 Å². The second-order valence-corrected chi connectivity index (χ2v) is 11.8. The van der Waals surface area contributed by atoms with E-state index in [0.717, 1.165) is 30.4 Å². The van der Waals surface area contributed by atoms with Gasteiger partial charge >= 0.3 is 0 Å². The molecule has 1 saturated carbocycles. The summed E-state index contributed by atoms with van der Waals surface area (Å²) in [7, 11) is 0. The number of thioether (sulfide) groups is 1. The predicted molar refractivity (Wildman–Crippen MR) is 139 cm³/mol. The average Bonchev–Trinajstić information content (AvgIpc) is 3.22. The van der Waals surface area contributed by atoms with Crippen molar-refractivity contribution in [1.29, 1.82) is 0 Å². The Morgan fingerprint density at radius 3 is 2.55 bits per heavy atom. The van der Waals surface area contributed by atoms with Crippen LogP contribution in [0.1, 0.15) is 62.8 Å². The summed E-state index contributed by atoms with van der Waals surface area (Å²) in [6.07, 6.45) is 4.61. The predicted octanol–water partition coefficient (Wildman–Crippen LogP) is 7.64. The zero-order valence-corrected chi connectivity index (χ0v) is 21.5. The van der Waals surface area contributed by atoms with E-state index in [9.17, 15) is 4.79 Å². The molecular weight excluding hydrogens is 473 g/mol. The van der Waals surface area contributed by atoms with Gasteiger partial charge in [-0.3, -0.25) is 4.79 Å². The van der Waals surface area contributed by atoms with Crippen LogP contribution in [0.4, 0.5) is 0 Å². The molecule has 0 aromatic heterocycles. The van der Waals surface area contributed by atoms with Crippen molar-refractivity contribution in [3.63, 3.8) is 0 Å². The third-order valence-corrected chi connectivity index (χ3v) is 8.35. The van der Waals surface area contributed by atoms with Crippen LogP contribution in [0.25, 0.3) is 0 Å². The number of nitrogens with zero attached hydrogens (tertiary/aromatic N) is 1. The lowest BCUT2D eigenvalue weighted by Gasteiger charge is -2.48. The second kappa shape index (κ2) is 10.9. The molecule has 33 heavy (non-hydrogen) atoms. The van der Waals surface area contributed by atoms with E-state index in [1.807, 2.05) is 60.3 Å². The maximum atomic E-state index is 13.9. The Balaban J connectivity index is 1.83. The normalized spacial score (nSPS) is 27.8. The fourth-order valence-electron chi connectivity index (χ4n) is 5.11. The van der Waals surface area contributed by atoms with E-state index in [-0.39, 0.29) is 24.1 Å². The van der Waals surface area contributed by atoms with Crippen molar-refractivity contribution >= 4 is 40.9 Å². The molecule has 2 aliphatic rings. The van der Waals surface area contributed by atoms with Gasteiger partial charge in [-0.25, -0.2) is 0 Å². The summed E-state index contributed by atoms with van der Waals surface area (Å²) in [5.41, 5.74) is 2.00. The maximum Gasteiger partial charge on any atom is 0.252 e. The van der Waals surface area contributed by atoms with Crippen molar-refractivity contribution in [3.05, 3.63) is 82.4 Å². The summed E-state index contributed by atoms with van der Waals surface area (Å²) < 4.78 is 6.52. The molecule has 176 valence electrons. The summed E-state index contributed by atoms with van der Waals surface area (Å²) in [6.45, 7) is 8.33. The Labute approximate surface area is 211 Å². The molecule has 1 saturated heterocycles. The van der Waals surface area contributed by atoms with Crippen LogP contribution >= 0.6 is 35.0 Å². The number of carbonyl (C=O) groups excluding carboxylic acids is 1. The first-order valence-corrected chi connectivity index (χ1v) is 13.3. The SMILES string of the molecule is C=CC[C@H]1O[C@H](c2cccc(Cl)c2)[C@@H](c2ccc(Cl)cc2)N([C@H]2CCC[C@@H]2SC(C)C)C1=O. The first kappa shape index (κ1) is 24.7. The van der Waals surface area contributed by atoms with Crippen molar-refractivity contribution in [2.24, 2.45) is 0 Å². The van der Waals surface area contributed by atoms with Crippen molar-refractivity contribution in [1.82, 2.24) is 4.90 Å². The smallest absolute Gasteiger partial charge is 0.252 e. The number of hydrogen-bond donors (Lipinski definition) is 0. The number of benzene rings is 2. The van der Waals surface area contributed by atoms with Crippen LogP contribution in [0.3, 0.4) is 0 Å². The van der Waals surface area contributed by atoms with Crippen LogP contribution in [0.5, 0.6) is 0 Å². The Bertz CT molecular complexity index is 980. The van der Waals surface area contributed by atoms with Crippen LogP contribution in [0.2, 0.25) is 10.0 Å². The fourth-order valence-corrected chi connectivity index (χ4v) is 6.88. The second-order valence-electron chi connectivity index (χ2n) is 9.09. The third-order valence-electron chi connectivity index (χ3n) is 6.42. The van der Waals surface area contributed by atoms with E-state index in [4.69, 9.17) is 27.9 Å². The summed E-state index contributed by atoms with van der Waals surface area (Å²) in [6, 6.07) is 15.5. The van der Waals surface area contributed by atoms with Gasteiger partial charge in [-0.2, -0.15) is 11.8 Å². The molecule has 0 radical (unpaired) electrons. The number of ether oxygens (including phenoxy) is 1. The summed E-state index contributed by atoms with van der Waals surface area (Å²) in [4.78, 5) is 16.1. The van der Waals surface area contributed by atoms with Crippen LogP contribution in [-0.2, 0) is 9.53 Å². The molecule has 6 heteroatoms. The van der Waals surface area contributed by atoms with Gasteiger partial charge in [-0.1, -0.05) is 73.8 Å². The van der Waals surface area contributed by atoms with E-state index in [0.29, 0.717) is 27.0 Å². The minimum atomic E-state index is -0.555. The van der Waals surface area contributed by atoms with Crippen molar-refractivity contribution < 1.29 is 9.53 Å². The van der Waals surface area contributed by atoms with Gasteiger partial charge in [-0.05, 0) is 53.5 Å². The number of amides is 1. The molecule has 0 unspecified atom stereocenters. The minimum absolute atomic E-state index is 0.0504. The van der Waals surface area contributed by atoms with E-state index in [1.54, 1.807) is 6.08 Å². The molecule has 0 spiro atoms. The topological polar surface area (TPSA) is 29.5 Å². The minimum Gasteiger partial charge on any atom is -0.358 e. The fraction of sp³-hybridized carbons (Fsp3) is 0.444. The lowest BCUT2D eigenvalue weighted by Crippen LogP contribution is -2.56. The molecule has 5 atom stereocenters. The van der Waals surface area contributed by atoms with E-state index in [2.05, 4.69) is 25.3 Å². The summed E-state index contributed by atoms with van der Waals surface area (Å²) in [5, 5.41) is 2.25. The molecule has 4 rings (SSSR count). The molecular formula is C27H31Cl2NO2S.